The number of pyridine rings is 1. The molecule has 0 saturated heterocycles. The Morgan fingerprint density at radius 2 is 1.94 bits per heavy atom. The molecule has 1 aromatic heterocycles. The van der Waals surface area contributed by atoms with Crippen LogP contribution in [0.3, 0.4) is 0 Å². The minimum absolute atomic E-state index is 0.676. The lowest BCUT2D eigenvalue weighted by atomic mass is 10.1. The molecule has 0 saturated carbocycles. The molecule has 0 bridgehead atoms. The van der Waals surface area contributed by atoms with E-state index in [4.69, 9.17) is 5.73 Å². The van der Waals surface area contributed by atoms with E-state index in [0.717, 1.165) is 12.4 Å². The maximum absolute atomic E-state index is 5.78. The van der Waals surface area contributed by atoms with Crippen LogP contribution in [-0.4, -0.2) is 4.98 Å². The van der Waals surface area contributed by atoms with Crippen molar-refractivity contribution < 1.29 is 0 Å². The van der Waals surface area contributed by atoms with Crippen LogP contribution in [-0.2, 0) is 6.54 Å². The van der Waals surface area contributed by atoms with Crippen LogP contribution in [0, 0.1) is 6.92 Å². The number of nitrogens with zero attached hydrogens (tertiary/aromatic N) is 1. The van der Waals surface area contributed by atoms with Gasteiger partial charge in [0.05, 0.1) is 5.69 Å². The molecule has 0 aliphatic carbocycles. The Morgan fingerprint density at radius 1 is 1.19 bits per heavy atom. The predicted octanol–water partition coefficient (Wildman–Crippen LogP) is 2.58. The molecule has 2 rings (SSSR count). The van der Waals surface area contributed by atoms with Crippen molar-refractivity contribution in [2.45, 2.75) is 13.5 Å². The molecule has 3 nitrogen and oxygen atoms in total. The van der Waals surface area contributed by atoms with Crippen molar-refractivity contribution in [1.82, 2.24) is 4.98 Å². The molecule has 0 unspecified atom stereocenters. The molecule has 3 N–H and O–H groups in total. The van der Waals surface area contributed by atoms with Gasteiger partial charge in [0.25, 0.3) is 0 Å². The number of hydrogen-bond acceptors (Lipinski definition) is 3. The van der Waals surface area contributed by atoms with Gasteiger partial charge in [0.1, 0.15) is 5.82 Å². The lowest BCUT2D eigenvalue weighted by Crippen LogP contribution is -2.04. The summed E-state index contributed by atoms with van der Waals surface area (Å²) in [6, 6.07) is 12.1. The molecule has 16 heavy (non-hydrogen) atoms. The molecule has 3 heteroatoms. The Labute approximate surface area is 95.3 Å². The quantitative estimate of drug-likeness (QED) is 0.824. The van der Waals surface area contributed by atoms with Gasteiger partial charge in [-0.3, -0.25) is 0 Å². The Morgan fingerprint density at radius 3 is 2.62 bits per heavy atom. The van der Waals surface area contributed by atoms with Gasteiger partial charge < -0.3 is 11.1 Å². The van der Waals surface area contributed by atoms with Crippen LogP contribution in [0.2, 0.25) is 0 Å². The lowest BCUT2D eigenvalue weighted by Gasteiger charge is -2.07. The van der Waals surface area contributed by atoms with E-state index in [0.29, 0.717) is 5.69 Å². The van der Waals surface area contributed by atoms with E-state index in [9.17, 15) is 0 Å². The summed E-state index contributed by atoms with van der Waals surface area (Å²) in [5, 5.41) is 3.21. The molecule has 1 aromatic carbocycles. The van der Waals surface area contributed by atoms with Crippen LogP contribution in [0.5, 0.6) is 0 Å². The summed E-state index contributed by atoms with van der Waals surface area (Å²) in [5.41, 5.74) is 8.94. The van der Waals surface area contributed by atoms with Gasteiger partial charge in [-0.2, -0.15) is 0 Å². The average Bonchev–Trinajstić information content (AvgIpc) is 2.30. The summed E-state index contributed by atoms with van der Waals surface area (Å²) in [5.74, 6) is 0.739. The van der Waals surface area contributed by atoms with E-state index in [-0.39, 0.29) is 0 Å². The van der Waals surface area contributed by atoms with Crippen molar-refractivity contribution >= 4 is 11.5 Å². The number of nitrogens with two attached hydrogens (primary N) is 1. The van der Waals surface area contributed by atoms with Gasteiger partial charge in [0.2, 0.25) is 0 Å². The van der Waals surface area contributed by atoms with E-state index < -0.39 is 0 Å². The average molecular weight is 213 g/mol. The number of aromatic nitrogens is 1. The van der Waals surface area contributed by atoms with E-state index >= 15 is 0 Å². The van der Waals surface area contributed by atoms with Crippen molar-refractivity contribution in [2.24, 2.45) is 0 Å². The molecule has 0 fully saturated rings. The van der Waals surface area contributed by atoms with Crippen molar-refractivity contribution in [3.63, 3.8) is 0 Å². The largest absolute Gasteiger partial charge is 0.396 e. The summed E-state index contributed by atoms with van der Waals surface area (Å²) in [6.07, 6.45) is 1.73. The highest BCUT2D eigenvalue weighted by Gasteiger charge is 1.98. The number of rotatable bonds is 3. The SMILES string of the molecule is Cc1ccc(CNc2ncccc2N)cc1. The second-order valence-corrected chi connectivity index (χ2v) is 3.78. The normalized spacial score (nSPS) is 10.1. The predicted molar refractivity (Wildman–Crippen MR) is 67.2 cm³/mol. The van der Waals surface area contributed by atoms with Gasteiger partial charge in [-0.25, -0.2) is 4.98 Å². The van der Waals surface area contributed by atoms with Crippen LogP contribution in [0.15, 0.2) is 42.6 Å². The highest BCUT2D eigenvalue weighted by Crippen LogP contribution is 2.14. The number of nitrogens with one attached hydrogen (secondary N) is 1. The fraction of sp³-hybridized carbons (Fsp3) is 0.154. The number of nitrogen functional groups attached to an aromatic ring is 1. The van der Waals surface area contributed by atoms with Crippen molar-refractivity contribution in [3.8, 4) is 0 Å². The minimum Gasteiger partial charge on any atom is -0.396 e. The number of anilines is 2. The molecule has 82 valence electrons. The molecular formula is C13H15N3. The van der Waals surface area contributed by atoms with Crippen LogP contribution >= 0.6 is 0 Å². The molecule has 0 amide bonds. The van der Waals surface area contributed by atoms with Crippen LogP contribution in [0.25, 0.3) is 0 Å². The van der Waals surface area contributed by atoms with Gasteiger partial charge >= 0.3 is 0 Å². The monoisotopic (exact) mass is 213 g/mol. The first-order valence-electron chi connectivity index (χ1n) is 5.25. The Bertz CT molecular complexity index is 463. The minimum atomic E-state index is 0.676. The van der Waals surface area contributed by atoms with E-state index in [1.807, 2.05) is 12.1 Å². The molecule has 0 aliphatic heterocycles. The summed E-state index contributed by atoms with van der Waals surface area (Å²) in [6.45, 7) is 2.81. The smallest absolute Gasteiger partial charge is 0.149 e. The van der Waals surface area contributed by atoms with Crippen LogP contribution < -0.4 is 11.1 Å². The molecule has 0 spiro atoms. The van der Waals surface area contributed by atoms with E-state index in [1.54, 1.807) is 6.20 Å². The Kier molecular flexibility index (Phi) is 3.05. The zero-order chi connectivity index (χ0) is 11.4. The van der Waals surface area contributed by atoms with Gasteiger partial charge in [0.15, 0.2) is 0 Å². The molecule has 1 heterocycles. The second kappa shape index (κ2) is 4.66. The first kappa shape index (κ1) is 10.5. The fourth-order valence-electron chi connectivity index (χ4n) is 1.46. The Hall–Kier alpha value is -2.03. The first-order chi connectivity index (χ1) is 7.75. The summed E-state index contributed by atoms with van der Waals surface area (Å²) in [4.78, 5) is 4.17. The van der Waals surface area contributed by atoms with Crippen molar-refractivity contribution in [1.29, 1.82) is 0 Å². The highest BCUT2D eigenvalue weighted by molar-refractivity contribution is 5.60. The maximum Gasteiger partial charge on any atom is 0.149 e. The molecule has 2 aromatic rings. The van der Waals surface area contributed by atoms with Crippen LogP contribution in [0.4, 0.5) is 11.5 Å². The van der Waals surface area contributed by atoms with E-state index in [2.05, 4.69) is 41.5 Å². The molecule has 0 aliphatic rings. The third-order valence-corrected chi connectivity index (χ3v) is 2.42. The summed E-state index contributed by atoms with van der Waals surface area (Å²) in [7, 11) is 0. The standard InChI is InChI=1S/C13H15N3/c1-10-4-6-11(7-5-10)9-16-13-12(14)3-2-8-15-13/h2-8H,9,14H2,1H3,(H,15,16). The zero-order valence-corrected chi connectivity index (χ0v) is 9.27. The van der Waals surface area contributed by atoms with Gasteiger partial charge in [-0.1, -0.05) is 29.8 Å². The number of aryl methyl sites for hydroxylation is 1. The topological polar surface area (TPSA) is 50.9 Å². The van der Waals surface area contributed by atoms with Gasteiger partial charge in [-0.05, 0) is 24.6 Å². The number of benzene rings is 1. The fourth-order valence-corrected chi connectivity index (χ4v) is 1.46. The number of hydrogen-bond donors (Lipinski definition) is 2. The molecule has 0 atom stereocenters. The highest BCUT2D eigenvalue weighted by atomic mass is 15.0. The van der Waals surface area contributed by atoms with E-state index in [1.165, 1.54) is 11.1 Å². The maximum atomic E-state index is 5.78. The van der Waals surface area contributed by atoms with Gasteiger partial charge in [-0.15, -0.1) is 0 Å². The summed E-state index contributed by atoms with van der Waals surface area (Å²) >= 11 is 0. The van der Waals surface area contributed by atoms with Crippen molar-refractivity contribution in [2.75, 3.05) is 11.1 Å². The molecular weight excluding hydrogens is 198 g/mol. The van der Waals surface area contributed by atoms with Crippen molar-refractivity contribution in [3.05, 3.63) is 53.7 Å². The zero-order valence-electron chi connectivity index (χ0n) is 9.27. The lowest BCUT2D eigenvalue weighted by molar-refractivity contribution is 1.11. The van der Waals surface area contributed by atoms with Crippen LogP contribution in [0.1, 0.15) is 11.1 Å². The third-order valence-electron chi connectivity index (χ3n) is 2.42. The Balaban J connectivity index is 2.02. The first-order valence-corrected chi connectivity index (χ1v) is 5.25. The third kappa shape index (κ3) is 2.51. The second-order valence-electron chi connectivity index (χ2n) is 3.78. The van der Waals surface area contributed by atoms with Gasteiger partial charge in [0, 0.05) is 12.7 Å². The molecule has 0 radical (unpaired) electrons. The summed E-state index contributed by atoms with van der Waals surface area (Å²) < 4.78 is 0.